The number of amidine groups is 1. The molecular weight excluding hydrogens is 291 g/mol. The van der Waals surface area contributed by atoms with Gasteiger partial charge in [-0.1, -0.05) is 0 Å². The first-order valence-electron chi connectivity index (χ1n) is 4.64. The van der Waals surface area contributed by atoms with E-state index in [1.807, 2.05) is 14.1 Å². The Hall–Kier alpha value is -1.53. The van der Waals surface area contributed by atoms with Crippen molar-refractivity contribution < 1.29 is 14.3 Å². The molecule has 1 heterocycles. The fraction of sp³-hybridized carbons (Fsp3) is 0.444. The first kappa shape index (κ1) is 13.5. The maximum absolute atomic E-state index is 11.6. The van der Waals surface area contributed by atoms with Crippen LogP contribution in [0.5, 0.6) is 0 Å². The molecule has 0 bridgehead atoms. The summed E-state index contributed by atoms with van der Waals surface area (Å²) >= 11 is -0.195. The summed E-state index contributed by atoms with van der Waals surface area (Å²) in [6.45, 7) is 1.62. The van der Waals surface area contributed by atoms with Crippen LogP contribution in [0.1, 0.15) is 6.92 Å². The topological polar surface area (TPSA) is 83.7 Å². The number of hydrogen-bond donors (Lipinski definition) is 0. The average Bonchev–Trinajstić information content (AvgIpc) is 2.68. The number of hydrogen-bond acceptors (Lipinski definition) is 5. The van der Waals surface area contributed by atoms with Gasteiger partial charge >= 0.3 is 104 Å². The molecule has 0 spiro atoms. The van der Waals surface area contributed by atoms with Crippen LogP contribution in [-0.2, 0) is 9.53 Å². The van der Waals surface area contributed by atoms with E-state index in [-0.39, 0.29) is 20.9 Å². The fourth-order valence-corrected chi connectivity index (χ4v) is 2.63. The van der Waals surface area contributed by atoms with E-state index in [1.54, 1.807) is 11.8 Å². The molecule has 1 aliphatic heterocycles. The van der Waals surface area contributed by atoms with E-state index in [2.05, 4.69) is 20.0 Å². The molecule has 0 radical (unpaired) electrons. The molecule has 0 aliphatic carbocycles. The molecule has 7 nitrogen and oxygen atoms in total. The molecule has 8 heteroatoms. The number of ether oxygens (including phenoxy) is 1. The Morgan fingerprint density at radius 1 is 1.41 bits per heavy atom. The van der Waals surface area contributed by atoms with E-state index in [0.717, 1.165) is 4.73 Å². The van der Waals surface area contributed by atoms with Crippen molar-refractivity contribution >= 4 is 31.7 Å². The van der Waals surface area contributed by atoms with Crippen LogP contribution >= 0.6 is 0 Å². The predicted octanol–water partition coefficient (Wildman–Crippen LogP) is 0.599. The van der Waals surface area contributed by atoms with Gasteiger partial charge in [-0.2, -0.15) is 0 Å². The quantitative estimate of drug-likeness (QED) is 0.403. The Bertz CT molecular complexity index is 440. The van der Waals surface area contributed by atoms with Gasteiger partial charge in [-0.25, -0.2) is 0 Å². The van der Waals surface area contributed by atoms with Gasteiger partial charge in [0.2, 0.25) is 0 Å². The third kappa shape index (κ3) is 3.47. The Balaban J connectivity index is 2.84. The SMILES string of the molecule is COC(=O)N=N/C(C)=C1\[Se]C(N(C)C)=NC1=O. The van der Waals surface area contributed by atoms with Crippen LogP contribution < -0.4 is 0 Å². The Morgan fingerprint density at radius 2 is 2.06 bits per heavy atom. The summed E-state index contributed by atoms with van der Waals surface area (Å²) in [6, 6.07) is 0. The van der Waals surface area contributed by atoms with Gasteiger partial charge in [-0.3, -0.25) is 0 Å². The Labute approximate surface area is 105 Å². The molecule has 92 valence electrons. The van der Waals surface area contributed by atoms with Crippen molar-refractivity contribution in [2.45, 2.75) is 6.92 Å². The third-order valence-corrected chi connectivity index (χ3v) is 4.51. The normalized spacial score (nSPS) is 18.4. The summed E-state index contributed by atoms with van der Waals surface area (Å²) in [7, 11) is 4.85. The number of carbonyl (C=O) groups excluding carboxylic acids is 2. The minimum absolute atomic E-state index is 0.195. The molecule has 0 atom stereocenters. The number of azo groups is 1. The molecule has 17 heavy (non-hydrogen) atoms. The molecule has 0 unspecified atom stereocenters. The van der Waals surface area contributed by atoms with Crippen molar-refractivity contribution in [1.29, 1.82) is 0 Å². The van der Waals surface area contributed by atoms with Gasteiger partial charge < -0.3 is 0 Å². The van der Waals surface area contributed by atoms with Gasteiger partial charge in [0, 0.05) is 0 Å². The molecule has 0 saturated heterocycles. The summed E-state index contributed by atoms with van der Waals surface area (Å²) < 4.78 is 5.55. The van der Waals surface area contributed by atoms with Gasteiger partial charge in [0.1, 0.15) is 0 Å². The molecule has 0 saturated carbocycles. The van der Waals surface area contributed by atoms with Gasteiger partial charge in [-0.05, 0) is 0 Å². The minimum atomic E-state index is -0.795. The van der Waals surface area contributed by atoms with Gasteiger partial charge in [0.25, 0.3) is 0 Å². The average molecular weight is 303 g/mol. The van der Waals surface area contributed by atoms with Gasteiger partial charge in [0.05, 0.1) is 0 Å². The molecular formula is C9H12N4O3Se. The van der Waals surface area contributed by atoms with Crippen molar-refractivity contribution in [3.05, 3.63) is 10.2 Å². The van der Waals surface area contributed by atoms with Crippen LogP contribution in [0.4, 0.5) is 4.79 Å². The van der Waals surface area contributed by atoms with E-state index in [1.165, 1.54) is 7.11 Å². The zero-order valence-electron chi connectivity index (χ0n) is 9.92. The first-order valence-corrected chi connectivity index (χ1v) is 6.35. The van der Waals surface area contributed by atoms with Crippen LogP contribution in [-0.4, -0.2) is 57.8 Å². The van der Waals surface area contributed by atoms with Crippen LogP contribution in [0.25, 0.3) is 0 Å². The van der Waals surface area contributed by atoms with Crippen molar-refractivity contribution in [3.8, 4) is 0 Å². The number of methoxy groups -OCH3 is 1. The molecule has 0 aromatic carbocycles. The maximum atomic E-state index is 11.6. The second-order valence-electron chi connectivity index (χ2n) is 3.28. The summed E-state index contributed by atoms with van der Waals surface area (Å²) in [4.78, 5) is 28.0. The van der Waals surface area contributed by atoms with Crippen molar-refractivity contribution in [1.82, 2.24) is 4.90 Å². The second-order valence-corrected chi connectivity index (χ2v) is 5.33. The summed E-state index contributed by atoms with van der Waals surface area (Å²) in [5.74, 6) is -0.310. The molecule has 0 aromatic rings. The summed E-state index contributed by atoms with van der Waals surface area (Å²) in [6.07, 6.45) is -0.795. The van der Waals surface area contributed by atoms with E-state index in [4.69, 9.17) is 0 Å². The van der Waals surface area contributed by atoms with E-state index in [9.17, 15) is 9.59 Å². The van der Waals surface area contributed by atoms with Gasteiger partial charge in [-0.15, -0.1) is 0 Å². The molecule has 1 aliphatic rings. The zero-order valence-corrected chi connectivity index (χ0v) is 11.6. The van der Waals surface area contributed by atoms with Crippen molar-refractivity contribution in [2.24, 2.45) is 15.2 Å². The standard InChI is InChI=1S/C9H12N4O3Se/c1-5(11-12-9(15)16-4)6-7(14)10-8(17-6)13(2)3/h1-4H3/b6-5-,12-11?. The van der Waals surface area contributed by atoms with Crippen LogP contribution in [0.3, 0.4) is 0 Å². The predicted molar refractivity (Wildman–Crippen MR) is 61.8 cm³/mol. The van der Waals surface area contributed by atoms with E-state index in [0.29, 0.717) is 10.2 Å². The molecule has 1 rings (SSSR count). The summed E-state index contributed by atoms with van der Waals surface area (Å²) in [5, 5.41) is 6.94. The number of carbonyl (C=O) groups is 2. The van der Waals surface area contributed by atoms with Crippen LogP contribution in [0.15, 0.2) is 25.4 Å². The molecule has 0 N–H and O–H groups in total. The Morgan fingerprint density at radius 3 is 2.53 bits per heavy atom. The third-order valence-electron chi connectivity index (χ3n) is 1.75. The first-order chi connectivity index (χ1) is 7.95. The fourth-order valence-electron chi connectivity index (χ4n) is 0.917. The number of amides is 2. The number of aliphatic imine (C=N–C) groups is 1. The van der Waals surface area contributed by atoms with E-state index >= 15 is 0 Å². The van der Waals surface area contributed by atoms with Crippen molar-refractivity contribution in [2.75, 3.05) is 21.2 Å². The van der Waals surface area contributed by atoms with E-state index < -0.39 is 6.09 Å². The van der Waals surface area contributed by atoms with Gasteiger partial charge in [0.15, 0.2) is 0 Å². The zero-order chi connectivity index (χ0) is 13.0. The van der Waals surface area contributed by atoms with Crippen LogP contribution in [0.2, 0.25) is 0 Å². The molecule has 0 aromatic heterocycles. The molecule has 0 fully saturated rings. The number of allylic oxidation sites excluding steroid dienone is 1. The monoisotopic (exact) mass is 304 g/mol. The summed E-state index contributed by atoms with van der Waals surface area (Å²) in [5.41, 5.74) is 0.404. The number of nitrogens with zero attached hydrogens (tertiary/aromatic N) is 4. The van der Waals surface area contributed by atoms with Crippen LogP contribution in [0, 0.1) is 0 Å². The second kappa shape index (κ2) is 5.70. The van der Waals surface area contributed by atoms with Crippen molar-refractivity contribution in [3.63, 3.8) is 0 Å². The molecule has 2 amide bonds. The number of rotatable bonds is 1. The Kier molecular flexibility index (Phi) is 4.53.